The van der Waals surface area contributed by atoms with E-state index in [2.05, 4.69) is 4.90 Å². The maximum Gasteiger partial charge on any atom is 0.220 e. The molecule has 0 unspecified atom stereocenters. The lowest BCUT2D eigenvalue weighted by Crippen LogP contribution is -2.39. The molecular formula is C14H20N2O2. The number of nitrogens with two attached hydrogens (primary N) is 1. The number of amides is 1. The number of aliphatic hydroxyl groups is 1. The van der Waals surface area contributed by atoms with Crippen molar-refractivity contribution >= 4 is 11.6 Å². The van der Waals surface area contributed by atoms with Crippen LogP contribution < -0.4 is 10.6 Å². The average Bonchev–Trinajstić information content (AvgIpc) is 2.39. The number of benzene rings is 1. The molecule has 1 saturated heterocycles. The van der Waals surface area contributed by atoms with Crippen molar-refractivity contribution in [1.29, 1.82) is 0 Å². The molecule has 4 nitrogen and oxygen atoms in total. The number of nitrogens with zero attached hydrogens (tertiary/aromatic N) is 1. The molecule has 2 rings (SSSR count). The maximum absolute atomic E-state index is 11.1. The van der Waals surface area contributed by atoms with Gasteiger partial charge >= 0.3 is 0 Å². The summed E-state index contributed by atoms with van der Waals surface area (Å²) in [5, 5.41) is 9.77. The molecule has 1 fully saturated rings. The highest BCUT2D eigenvalue weighted by molar-refractivity contribution is 5.77. The number of hydrogen-bond donors (Lipinski definition) is 2. The summed E-state index contributed by atoms with van der Waals surface area (Å²) in [4.78, 5) is 13.4. The number of carbonyl (C=O) groups excluding carboxylic acids is 1. The molecule has 1 aromatic carbocycles. The van der Waals surface area contributed by atoms with Gasteiger partial charge in [-0.05, 0) is 25.8 Å². The molecule has 1 amide bonds. The fraction of sp³-hybridized carbons (Fsp3) is 0.500. The van der Waals surface area contributed by atoms with Gasteiger partial charge in [-0.2, -0.15) is 0 Å². The monoisotopic (exact) mass is 248 g/mol. The van der Waals surface area contributed by atoms with Gasteiger partial charge in [0, 0.05) is 30.3 Å². The lowest BCUT2D eigenvalue weighted by atomic mass is 9.95. The fourth-order valence-corrected chi connectivity index (χ4v) is 2.53. The van der Waals surface area contributed by atoms with Crippen LogP contribution in [0.5, 0.6) is 0 Å². The molecule has 0 saturated carbocycles. The third-order valence-corrected chi connectivity index (χ3v) is 3.62. The second kappa shape index (κ2) is 5.40. The smallest absolute Gasteiger partial charge is 0.220 e. The van der Waals surface area contributed by atoms with E-state index in [-0.39, 0.29) is 11.8 Å². The molecule has 4 heteroatoms. The molecular weight excluding hydrogens is 228 g/mol. The van der Waals surface area contributed by atoms with Crippen LogP contribution in [0, 0.1) is 5.92 Å². The average molecular weight is 248 g/mol. The van der Waals surface area contributed by atoms with Crippen molar-refractivity contribution in [1.82, 2.24) is 0 Å². The van der Waals surface area contributed by atoms with Crippen molar-refractivity contribution in [2.24, 2.45) is 11.7 Å². The minimum atomic E-state index is -0.477. The van der Waals surface area contributed by atoms with E-state index >= 15 is 0 Å². The summed E-state index contributed by atoms with van der Waals surface area (Å²) in [6.45, 7) is 3.41. The minimum absolute atomic E-state index is 0.0000350. The highest BCUT2D eigenvalue weighted by atomic mass is 16.3. The van der Waals surface area contributed by atoms with Crippen LogP contribution in [-0.2, 0) is 4.79 Å². The molecule has 0 aliphatic carbocycles. The Morgan fingerprint density at radius 3 is 2.56 bits per heavy atom. The van der Waals surface area contributed by atoms with Gasteiger partial charge in [-0.25, -0.2) is 0 Å². The van der Waals surface area contributed by atoms with Gasteiger partial charge in [-0.15, -0.1) is 0 Å². The van der Waals surface area contributed by atoms with Crippen molar-refractivity contribution in [3.05, 3.63) is 29.8 Å². The van der Waals surface area contributed by atoms with Gasteiger partial charge in [0.1, 0.15) is 0 Å². The first-order chi connectivity index (χ1) is 8.59. The van der Waals surface area contributed by atoms with Gasteiger partial charge in [-0.1, -0.05) is 18.2 Å². The normalized spacial score (nSPS) is 18.7. The number of para-hydroxylation sites is 1. The Labute approximate surface area is 107 Å². The quantitative estimate of drug-likeness (QED) is 0.850. The Hall–Kier alpha value is -1.55. The van der Waals surface area contributed by atoms with E-state index in [0.29, 0.717) is 0 Å². The lowest BCUT2D eigenvalue weighted by Gasteiger charge is -2.34. The second-order valence-electron chi connectivity index (χ2n) is 4.90. The molecule has 1 aliphatic heterocycles. The zero-order valence-electron chi connectivity index (χ0n) is 10.7. The summed E-state index contributed by atoms with van der Waals surface area (Å²) in [6.07, 6.45) is 1.11. The van der Waals surface area contributed by atoms with Crippen LogP contribution in [0.1, 0.15) is 31.4 Å². The van der Waals surface area contributed by atoms with Gasteiger partial charge in [-0.3, -0.25) is 4.79 Å². The molecule has 3 N–H and O–H groups in total. The second-order valence-corrected chi connectivity index (χ2v) is 4.90. The van der Waals surface area contributed by atoms with Crippen LogP contribution in [0.3, 0.4) is 0 Å². The molecule has 1 heterocycles. The number of hydrogen-bond acceptors (Lipinski definition) is 3. The van der Waals surface area contributed by atoms with Gasteiger partial charge in [0.05, 0.1) is 6.10 Å². The van der Waals surface area contributed by atoms with Crippen molar-refractivity contribution in [3.8, 4) is 0 Å². The van der Waals surface area contributed by atoms with Crippen molar-refractivity contribution < 1.29 is 9.90 Å². The molecule has 1 aromatic rings. The van der Waals surface area contributed by atoms with Crippen LogP contribution >= 0.6 is 0 Å². The summed E-state index contributed by atoms with van der Waals surface area (Å²) in [5.41, 5.74) is 7.34. The molecule has 18 heavy (non-hydrogen) atoms. The van der Waals surface area contributed by atoms with Gasteiger partial charge in [0.2, 0.25) is 5.91 Å². The number of rotatable bonds is 3. The molecule has 0 spiro atoms. The molecule has 1 aliphatic rings. The van der Waals surface area contributed by atoms with Crippen molar-refractivity contribution in [3.63, 3.8) is 0 Å². The standard InChI is InChI=1S/C14H20N2O2/c1-10(17)12-4-2-3-5-13(12)16-8-6-11(7-9-16)14(15)18/h2-5,10-11,17H,6-9H2,1H3,(H2,15,18)/t10-/m1/s1. The SMILES string of the molecule is C[C@@H](O)c1ccccc1N1CCC(C(N)=O)CC1. The fourth-order valence-electron chi connectivity index (χ4n) is 2.53. The first kappa shape index (κ1) is 12.9. The number of piperidine rings is 1. The van der Waals surface area contributed by atoms with Crippen molar-refractivity contribution in [2.75, 3.05) is 18.0 Å². The van der Waals surface area contributed by atoms with E-state index in [1.54, 1.807) is 6.92 Å². The Bertz CT molecular complexity index is 424. The summed E-state index contributed by atoms with van der Waals surface area (Å²) in [7, 11) is 0. The van der Waals surface area contributed by atoms with Gasteiger partial charge < -0.3 is 15.7 Å². The zero-order chi connectivity index (χ0) is 13.1. The van der Waals surface area contributed by atoms with Crippen LogP contribution in [0.4, 0.5) is 5.69 Å². The highest BCUT2D eigenvalue weighted by Gasteiger charge is 2.24. The van der Waals surface area contributed by atoms with Crippen LogP contribution in [-0.4, -0.2) is 24.1 Å². The number of primary amides is 1. The molecule has 0 bridgehead atoms. The van der Waals surface area contributed by atoms with E-state index in [4.69, 9.17) is 5.73 Å². The first-order valence-electron chi connectivity index (χ1n) is 6.41. The maximum atomic E-state index is 11.1. The van der Waals surface area contributed by atoms with Crippen LogP contribution in [0.15, 0.2) is 24.3 Å². The first-order valence-corrected chi connectivity index (χ1v) is 6.41. The predicted molar refractivity (Wildman–Crippen MR) is 71.2 cm³/mol. The van der Waals surface area contributed by atoms with Crippen LogP contribution in [0.25, 0.3) is 0 Å². The van der Waals surface area contributed by atoms with E-state index < -0.39 is 6.10 Å². The molecule has 98 valence electrons. The number of carbonyl (C=O) groups is 1. The largest absolute Gasteiger partial charge is 0.389 e. The number of aliphatic hydroxyl groups excluding tert-OH is 1. The predicted octanol–water partition coefficient (Wildman–Crippen LogP) is 1.44. The Morgan fingerprint density at radius 1 is 1.39 bits per heavy atom. The minimum Gasteiger partial charge on any atom is -0.389 e. The molecule has 1 atom stereocenters. The highest BCUT2D eigenvalue weighted by Crippen LogP contribution is 2.29. The lowest BCUT2D eigenvalue weighted by molar-refractivity contribution is -0.122. The van der Waals surface area contributed by atoms with Gasteiger partial charge in [0.25, 0.3) is 0 Å². The molecule has 0 aromatic heterocycles. The van der Waals surface area contributed by atoms with E-state index in [1.165, 1.54) is 0 Å². The third kappa shape index (κ3) is 2.64. The summed E-state index contributed by atoms with van der Waals surface area (Å²) in [5.74, 6) is -0.196. The number of anilines is 1. The van der Waals surface area contributed by atoms with Crippen LogP contribution in [0.2, 0.25) is 0 Å². The zero-order valence-corrected chi connectivity index (χ0v) is 10.7. The Kier molecular flexibility index (Phi) is 3.87. The van der Waals surface area contributed by atoms with E-state index in [9.17, 15) is 9.90 Å². The summed E-state index contributed by atoms with van der Waals surface area (Å²) in [6, 6.07) is 7.87. The third-order valence-electron chi connectivity index (χ3n) is 3.62. The summed E-state index contributed by atoms with van der Waals surface area (Å²) < 4.78 is 0. The summed E-state index contributed by atoms with van der Waals surface area (Å²) >= 11 is 0. The molecule has 0 radical (unpaired) electrons. The van der Waals surface area contributed by atoms with Gasteiger partial charge in [0.15, 0.2) is 0 Å². The Balaban J connectivity index is 2.12. The van der Waals surface area contributed by atoms with Crippen molar-refractivity contribution in [2.45, 2.75) is 25.9 Å². The van der Waals surface area contributed by atoms with E-state index in [1.807, 2.05) is 24.3 Å². The topological polar surface area (TPSA) is 66.6 Å². The van der Waals surface area contributed by atoms with E-state index in [0.717, 1.165) is 37.2 Å². The Morgan fingerprint density at radius 2 is 2.00 bits per heavy atom.